The average Bonchev–Trinajstić information content (AvgIpc) is 3.09. The molecule has 152 valence electrons. The van der Waals surface area contributed by atoms with Crippen LogP contribution in [0.15, 0.2) is 53.6 Å². The molecule has 4 rings (SSSR count). The number of ketones is 1. The molecule has 1 amide bonds. The molecule has 1 aromatic carbocycles. The highest BCUT2D eigenvalue weighted by Gasteiger charge is 2.46. The number of anilines is 2. The van der Waals surface area contributed by atoms with Gasteiger partial charge in [0, 0.05) is 23.4 Å². The Labute approximate surface area is 176 Å². The van der Waals surface area contributed by atoms with Crippen molar-refractivity contribution in [2.24, 2.45) is 17.3 Å². The van der Waals surface area contributed by atoms with Crippen LogP contribution >= 0.6 is 11.3 Å². The Hall–Kier alpha value is -2.40. The van der Waals surface area contributed by atoms with Crippen molar-refractivity contribution in [1.82, 2.24) is 0 Å². The molecular weight excluding hydrogens is 380 g/mol. The molecule has 1 N–H and O–H groups in total. The van der Waals surface area contributed by atoms with Gasteiger partial charge in [-0.3, -0.25) is 9.59 Å². The molecule has 0 saturated heterocycles. The third kappa shape index (κ3) is 3.76. The third-order valence-corrected chi connectivity index (χ3v) is 6.52. The first-order valence-electron chi connectivity index (χ1n) is 10.2. The van der Waals surface area contributed by atoms with E-state index in [2.05, 4.69) is 39.1 Å². The van der Waals surface area contributed by atoms with Gasteiger partial charge in [0.05, 0.1) is 23.3 Å². The van der Waals surface area contributed by atoms with Crippen molar-refractivity contribution in [3.63, 3.8) is 0 Å². The zero-order valence-corrected chi connectivity index (χ0v) is 18.3. The Balaban J connectivity index is 1.95. The summed E-state index contributed by atoms with van der Waals surface area (Å²) in [5, 5.41) is 5.55. The molecule has 5 heteroatoms. The minimum absolute atomic E-state index is 0.0616. The minimum Gasteiger partial charge on any atom is -0.357 e. The number of hydrogen-bond acceptors (Lipinski definition) is 4. The molecule has 2 aromatic rings. The summed E-state index contributed by atoms with van der Waals surface area (Å²) in [5.41, 5.74) is 2.43. The Morgan fingerprint density at radius 3 is 2.69 bits per heavy atom. The fraction of sp³-hybridized carbons (Fsp3) is 0.417. The van der Waals surface area contributed by atoms with Crippen LogP contribution in [0.25, 0.3) is 0 Å². The second-order valence-electron chi connectivity index (χ2n) is 9.17. The van der Waals surface area contributed by atoms with Crippen molar-refractivity contribution >= 4 is 34.4 Å². The summed E-state index contributed by atoms with van der Waals surface area (Å²) in [6.45, 7) is 8.29. The summed E-state index contributed by atoms with van der Waals surface area (Å²) < 4.78 is 0. The molecule has 0 saturated carbocycles. The standard InChI is InChI=1S/C24H28N2O2S/c1-15(2)12-21(28)26-18-9-6-5-8-16(18)25-17-13-24(3,4)14-19(27)22(17)23(26)20-10-7-11-29-20/h5-11,13,15,22-23,25H,12,14H2,1-4H3. The van der Waals surface area contributed by atoms with Crippen LogP contribution in [0.1, 0.15) is 51.5 Å². The van der Waals surface area contributed by atoms with Gasteiger partial charge in [-0.25, -0.2) is 0 Å². The molecule has 0 spiro atoms. The molecule has 1 aromatic heterocycles. The van der Waals surface area contributed by atoms with Gasteiger partial charge in [0.2, 0.25) is 5.91 Å². The molecule has 2 atom stereocenters. The van der Waals surface area contributed by atoms with Crippen LogP contribution in [-0.4, -0.2) is 11.7 Å². The number of rotatable bonds is 3. The first-order valence-corrected chi connectivity index (χ1v) is 11.1. The Morgan fingerprint density at radius 1 is 1.24 bits per heavy atom. The largest absolute Gasteiger partial charge is 0.357 e. The van der Waals surface area contributed by atoms with Crippen molar-refractivity contribution < 1.29 is 9.59 Å². The number of para-hydroxylation sites is 2. The Kier molecular flexibility index (Phi) is 5.11. The molecule has 2 unspecified atom stereocenters. The van der Waals surface area contributed by atoms with Crippen molar-refractivity contribution in [1.29, 1.82) is 0 Å². The molecule has 0 radical (unpaired) electrons. The van der Waals surface area contributed by atoms with E-state index < -0.39 is 0 Å². The van der Waals surface area contributed by atoms with Crippen molar-refractivity contribution in [3.8, 4) is 0 Å². The normalized spacial score (nSPS) is 23.0. The van der Waals surface area contributed by atoms with E-state index in [-0.39, 0.29) is 35.0 Å². The lowest BCUT2D eigenvalue weighted by atomic mass is 9.73. The summed E-state index contributed by atoms with van der Waals surface area (Å²) in [6, 6.07) is 11.6. The van der Waals surface area contributed by atoms with Gasteiger partial charge in [0.25, 0.3) is 0 Å². The van der Waals surface area contributed by atoms with Gasteiger partial charge in [-0.1, -0.05) is 52.0 Å². The van der Waals surface area contributed by atoms with Gasteiger partial charge < -0.3 is 10.2 Å². The number of carbonyl (C=O) groups is 2. The molecule has 2 heterocycles. The van der Waals surface area contributed by atoms with E-state index in [1.807, 2.05) is 46.7 Å². The van der Waals surface area contributed by atoms with E-state index in [1.165, 1.54) is 0 Å². The topological polar surface area (TPSA) is 49.4 Å². The molecule has 4 nitrogen and oxygen atoms in total. The highest BCUT2D eigenvalue weighted by Crippen LogP contribution is 2.49. The highest BCUT2D eigenvalue weighted by atomic mass is 32.1. The van der Waals surface area contributed by atoms with Crippen LogP contribution in [0.4, 0.5) is 11.4 Å². The Morgan fingerprint density at radius 2 is 2.00 bits per heavy atom. The maximum Gasteiger partial charge on any atom is 0.227 e. The summed E-state index contributed by atoms with van der Waals surface area (Å²) in [5.74, 6) is 0.108. The SMILES string of the molecule is CC(C)CC(=O)N1c2ccccc2NC2=CC(C)(C)CC(=O)C2C1c1cccs1. The van der Waals surface area contributed by atoms with Crippen LogP contribution in [0, 0.1) is 17.3 Å². The first-order chi connectivity index (χ1) is 13.8. The fourth-order valence-corrected chi connectivity index (χ4v) is 5.34. The van der Waals surface area contributed by atoms with E-state index >= 15 is 0 Å². The van der Waals surface area contributed by atoms with Crippen LogP contribution in [0.3, 0.4) is 0 Å². The van der Waals surface area contributed by atoms with Gasteiger partial charge in [0.1, 0.15) is 5.78 Å². The molecule has 0 bridgehead atoms. The number of allylic oxidation sites excluding steroid dienone is 1. The van der Waals surface area contributed by atoms with E-state index in [4.69, 9.17) is 0 Å². The van der Waals surface area contributed by atoms with Gasteiger partial charge >= 0.3 is 0 Å². The lowest BCUT2D eigenvalue weighted by molar-refractivity contribution is -0.125. The first kappa shape index (κ1) is 19.9. The fourth-order valence-electron chi connectivity index (χ4n) is 4.49. The number of nitrogens with one attached hydrogen (secondary N) is 1. The molecule has 0 fully saturated rings. The summed E-state index contributed by atoms with van der Waals surface area (Å²) in [4.78, 5) is 29.9. The van der Waals surface area contributed by atoms with Crippen LogP contribution in [-0.2, 0) is 9.59 Å². The van der Waals surface area contributed by atoms with E-state index in [0.29, 0.717) is 12.8 Å². The smallest absolute Gasteiger partial charge is 0.227 e. The predicted octanol–water partition coefficient (Wildman–Crippen LogP) is 5.79. The number of Topliss-reactive ketones (excluding diaryl/α,β-unsaturated/α-hetero) is 1. The molecule has 1 aliphatic carbocycles. The van der Waals surface area contributed by atoms with Crippen LogP contribution < -0.4 is 10.2 Å². The maximum atomic E-state index is 13.5. The number of carbonyl (C=O) groups excluding carboxylic acids is 2. The van der Waals surface area contributed by atoms with Gasteiger partial charge in [-0.2, -0.15) is 0 Å². The molecule has 2 aliphatic rings. The summed E-state index contributed by atoms with van der Waals surface area (Å²) in [6.07, 6.45) is 3.11. The summed E-state index contributed by atoms with van der Waals surface area (Å²) >= 11 is 1.61. The van der Waals surface area contributed by atoms with Crippen molar-refractivity contribution in [2.45, 2.75) is 46.6 Å². The Bertz CT molecular complexity index is 959. The van der Waals surface area contributed by atoms with Crippen LogP contribution in [0.5, 0.6) is 0 Å². The summed E-state index contributed by atoms with van der Waals surface area (Å²) in [7, 11) is 0. The van der Waals surface area contributed by atoms with Crippen molar-refractivity contribution in [2.75, 3.05) is 10.2 Å². The predicted molar refractivity (Wildman–Crippen MR) is 119 cm³/mol. The number of thiophene rings is 1. The van der Waals surface area contributed by atoms with E-state index in [0.717, 1.165) is 21.9 Å². The number of amides is 1. The van der Waals surface area contributed by atoms with E-state index in [1.54, 1.807) is 11.3 Å². The number of benzene rings is 1. The van der Waals surface area contributed by atoms with E-state index in [9.17, 15) is 9.59 Å². The lowest BCUT2D eigenvalue weighted by Gasteiger charge is -2.38. The second-order valence-corrected chi connectivity index (χ2v) is 10.2. The maximum absolute atomic E-state index is 13.5. The zero-order chi connectivity index (χ0) is 20.8. The lowest BCUT2D eigenvalue weighted by Crippen LogP contribution is -2.43. The van der Waals surface area contributed by atoms with Gasteiger partial charge in [0.15, 0.2) is 0 Å². The van der Waals surface area contributed by atoms with Gasteiger partial charge in [-0.15, -0.1) is 11.3 Å². The number of fused-ring (bicyclic) bond motifs is 2. The third-order valence-electron chi connectivity index (χ3n) is 5.58. The molecule has 1 aliphatic heterocycles. The van der Waals surface area contributed by atoms with Crippen LogP contribution in [0.2, 0.25) is 0 Å². The molecule has 29 heavy (non-hydrogen) atoms. The highest BCUT2D eigenvalue weighted by molar-refractivity contribution is 7.10. The average molecular weight is 409 g/mol. The quantitative estimate of drug-likeness (QED) is 0.699. The number of nitrogens with zero attached hydrogens (tertiary/aromatic N) is 1. The monoisotopic (exact) mass is 408 g/mol. The van der Waals surface area contributed by atoms with Crippen molar-refractivity contribution in [3.05, 3.63) is 58.4 Å². The zero-order valence-electron chi connectivity index (χ0n) is 17.4. The number of hydrogen-bond donors (Lipinski definition) is 1. The molecular formula is C24H28N2O2S. The minimum atomic E-state index is -0.384. The second kappa shape index (κ2) is 7.45. The van der Waals surface area contributed by atoms with Gasteiger partial charge in [-0.05, 0) is 34.9 Å².